The van der Waals surface area contributed by atoms with Crippen molar-refractivity contribution in [3.05, 3.63) is 23.2 Å². The van der Waals surface area contributed by atoms with E-state index in [9.17, 15) is 13.2 Å². The summed E-state index contributed by atoms with van der Waals surface area (Å²) in [5, 5.41) is 0.226. The average molecular weight is 352 g/mol. The quantitative estimate of drug-likeness (QED) is 0.782. The second-order valence-electron chi connectivity index (χ2n) is 4.76. The summed E-state index contributed by atoms with van der Waals surface area (Å²) in [6, 6.07) is 4.07. The molecule has 0 spiro atoms. The fraction of sp³-hybridized carbons (Fsp3) is 0.462. The van der Waals surface area contributed by atoms with Crippen molar-refractivity contribution >= 4 is 37.2 Å². The van der Waals surface area contributed by atoms with Crippen LogP contribution < -0.4 is 4.74 Å². The SMILES string of the molecule is O=C(COc1ccc(Cl)cc1S(=O)(=O)Cl)N1CCCCC1. The Hall–Kier alpha value is -0.980. The molecule has 0 N–H and O–H groups in total. The van der Waals surface area contributed by atoms with Crippen LogP contribution in [-0.2, 0) is 13.8 Å². The largest absolute Gasteiger partial charge is 0.482 e. The number of nitrogens with zero attached hydrogens (tertiary/aromatic N) is 1. The maximum absolute atomic E-state index is 12.0. The third kappa shape index (κ3) is 4.49. The molecule has 1 aliphatic heterocycles. The van der Waals surface area contributed by atoms with Crippen molar-refractivity contribution < 1.29 is 17.9 Å². The Morgan fingerprint density at radius 3 is 2.52 bits per heavy atom. The monoisotopic (exact) mass is 351 g/mol. The third-order valence-electron chi connectivity index (χ3n) is 3.23. The molecule has 1 aromatic carbocycles. The molecule has 0 aliphatic carbocycles. The van der Waals surface area contributed by atoms with E-state index >= 15 is 0 Å². The molecule has 1 heterocycles. The topological polar surface area (TPSA) is 63.7 Å². The average Bonchev–Trinajstić information content (AvgIpc) is 2.45. The zero-order chi connectivity index (χ0) is 15.5. The van der Waals surface area contributed by atoms with E-state index in [4.69, 9.17) is 27.0 Å². The molecule has 116 valence electrons. The molecule has 0 radical (unpaired) electrons. The van der Waals surface area contributed by atoms with Gasteiger partial charge < -0.3 is 9.64 Å². The normalized spacial score (nSPS) is 15.8. The van der Waals surface area contributed by atoms with Crippen molar-refractivity contribution in [2.75, 3.05) is 19.7 Å². The van der Waals surface area contributed by atoms with Gasteiger partial charge in [0.25, 0.3) is 15.0 Å². The van der Waals surface area contributed by atoms with E-state index in [1.807, 2.05) is 0 Å². The minimum atomic E-state index is -3.99. The highest BCUT2D eigenvalue weighted by molar-refractivity contribution is 8.13. The van der Waals surface area contributed by atoms with E-state index in [0.717, 1.165) is 19.3 Å². The van der Waals surface area contributed by atoms with Crippen molar-refractivity contribution in [3.8, 4) is 5.75 Å². The standard InChI is InChI=1S/C13H15Cl2NO4S/c14-10-4-5-11(12(8-10)21(15,18)19)20-9-13(17)16-6-2-1-3-7-16/h4-5,8H,1-3,6-7,9H2. The number of halogens is 2. The third-order valence-corrected chi connectivity index (χ3v) is 4.81. The molecule has 1 fully saturated rings. The van der Waals surface area contributed by atoms with Gasteiger partial charge in [0.2, 0.25) is 0 Å². The highest BCUT2D eigenvalue weighted by Crippen LogP contribution is 2.29. The number of ether oxygens (including phenoxy) is 1. The number of benzene rings is 1. The van der Waals surface area contributed by atoms with Crippen LogP contribution in [0.2, 0.25) is 5.02 Å². The van der Waals surface area contributed by atoms with Crippen molar-refractivity contribution in [1.29, 1.82) is 0 Å². The van der Waals surface area contributed by atoms with Gasteiger partial charge in [-0.1, -0.05) is 11.6 Å². The summed E-state index contributed by atoms with van der Waals surface area (Å²) in [5.74, 6) is -0.137. The fourth-order valence-electron chi connectivity index (χ4n) is 2.17. The smallest absolute Gasteiger partial charge is 0.265 e. The van der Waals surface area contributed by atoms with Crippen LogP contribution in [0.1, 0.15) is 19.3 Å². The molecule has 0 aromatic heterocycles. The first-order valence-corrected chi connectivity index (χ1v) is 9.21. The molecular formula is C13H15Cl2NO4S. The molecule has 8 heteroatoms. The minimum absolute atomic E-state index is 0.0276. The molecule has 1 aromatic rings. The first kappa shape index (κ1) is 16.4. The van der Waals surface area contributed by atoms with Crippen molar-refractivity contribution in [2.24, 2.45) is 0 Å². The van der Waals surface area contributed by atoms with Crippen LogP contribution in [0.5, 0.6) is 5.75 Å². The number of amides is 1. The highest BCUT2D eigenvalue weighted by Gasteiger charge is 2.21. The van der Waals surface area contributed by atoms with E-state index in [1.54, 1.807) is 4.90 Å². The van der Waals surface area contributed by atoms with Gasteiger partial charge in [-0.25, -0.2) is 8.42 Å². The minimum Gasteiger partial charge on any atom is -0.482 e. The van der Waals surface area contributed by atoms with Crippen LogP contribution in [0.15, 0.2) is 23.1 Å². The zero-order valence-corrected chi connectivity index (χ0v) is 13.5. The Morgan fingerprint density at radius 2 is 1.90 bits per heavy atom. The van der Waals surface area contributed by atoms with Crippen molar-refractivity contribution in [1.82, 2.24) is 4.90 Å². The van der Waals surface area contributed by atoms with Gasteiger partial charge in [-0.15, -0.1) is 0 Å². The Balaban J connectivity index is 2.08. The van der Waals surface area contributed by atoms with E-state index in [2.05, 4.69) is 0 Å². The van der Waals surface area contributed by atoms with Crippen LogP contribution >= 0.6 is 22.3 Å². The summed E-state index contributed by atoms with van der Waals surface area (Å²) in [4.78, 5) is 13.5. The van der Waals surface area contributed by atoms with Gasteiger partial charge in [0, 0.05) is 28.8 Å². The Labute approximate surface area is 133 Å². The van der Waals surface area contributed by atoms with Gasteiger partial charge in [0.1, 0.15) is 10.6 Å². The fourth-order valence-corrected chi connectivity index (χ4v) is 3.40. The van der Waals surface area contributed by atoms with Gasteiger partial charge in [-0.3, -0.25) is 4.79 Å². The van der Waals surface area contributed by atoms with E-state index in [0.29, 0.717) is 13.1 Å². The van der Waals surface area contributed by atoms with Crippen LogP contribution in [0.4, 0.5) is 0 Å². The summed E-state index contributed by atoms with van der Waals surface area (Å²) < 4.78 is 28.3. The van der Waals surface area contributed by atoms with Gasteiger partial charge >= 0.3 is 0 Å². The van der Waals surface area contributed by atoms with Gasteiger partial charge in [0.15, 0.2) is 6.61 Å². The predicted molar refractivity (Wildman–Crippen MR) is 80.4 cm³/mol. The molecule has 1 saturated heterocycles. The molecular weight excluding hydrogens is 337 g/mol. The lowest BCUT2D eigenvalue weighted by molar-refractivity contribution is -0.134. The highest BCUT2D eigenvalue weighted by atomic mass is 35.7. The molecule has 0 atom stereocenters. The number of piperidine rings is 1. The summed E-state index contributed by atoms with van der Waals surface area (Å²) >= 11 is 5.75. The number of rotatable bonds is 4. The Morgan fingerprint density at radius 1 is 1.24 bits per heavy atom. The zero-order valence-electron chi connectivity index (χ0n) is 11.2. The van der Waals surface area contributed by atoms with E-state index in [-0.39, 0.29) is 28.2 Å². The number of carbonyl (C=O) groups is 1. The molecule has 5 nitrogen and oxygen atoms in total. The van der Waals surface area contributed by atoms with Gasteiger partial charge in [-0.05, 0) is 37.5 Å². The molecule has 0 saturated carbocycles. The summed E-state index contributed by atoms with van der Waals surface area (Å²) in [5.41, 5.74) is 0. The number of hydrogen-bond donors (Lipinski definition) is 0. The molecule has 0 unspecified atom stereocenters. The van der Waals surface area contributed by atoms with Crippen LogP contribution in [0.3, 0.4) is 0 Å². The lowest BCUT2D eigenvalue weighted by Gasteiger charge is -2.26. The number of carbonyl (C=O) groups excluding carboxylic acids is 1. The van der Waals surface area contributed by atoms with Crippen molar-refractivity contribution in [3.63, 3.8) is 0 Å². The maximum atomic E-state index is 12.0. The second-order valence-corrected chi connectivity index (χ2v) is 7.73. The van der Waals surface area contributed by atoms with E-state index in [1.165, 1.54) is 18.2 Å². The molecule has 1 aliphatic rings. The van der Waals surface area contributed by atoms with E-state index < -0.39 is 9.05 Å². The van der Waals surface area contributed by atoms with Gasteiger partial charge in [-0.2, -0.15) is 0 Å². The summed E-state index contributed by atoms with van der Waals surface area (Å²) in [6.45, 7) is 1.20. The predicted octanol–water partition coefficient (Wildman–Crippen LogP) is 2.66. The lowest BCUT2D eigenvalue weighted by atomic mass is 10.1. The Bertz CT molecular complexity index is 627. The van der Waals surface area contributed by atoms with Gasteiger partial charge in [0.05, 0.1) is 0 Å². The second kappa shape index (κ2) is 6.85. The molecule has 21 heavy (non-hydrogen) atoms. The summed E-state index contributed by atoms with van der Waals surface area (Å²) in [6.07, 6.45) is 3.08. The van der Waals surface area contributed by atoms with Crippen LogP contribution in [0, 0.1) is 0 Å². The van der Waals surface area contributed by atoms with Crippen molar-refractivity contribution in [2.45, 2.75) is 24.2 Å². The number of likely N-dealkylation sites (tertiary alicyclic amines) is 1. The van der Waals surface area contributed by atoms with Crippen LogP contribution in [0.25, 0.3) is 0 Å². The molecule has 1 amide bonds. The lowest BCUT2D eigenvalue weighted by Crippen LogP contribution is -2.38. The Kier molecular flexibility index (Phi) is 5.35. The first-order chi connectivity index (χ1) is 9.88. The first-order valence-electron chi connectivity index (χ1n) is 6.53. The molecule has 2 rings (SSSR count). The van der Waals surface area contributed by atoms with Crippen LogP contribution in [-0.4, -0.2) is 38.9 Å². The number of hydrogen-bond acceptors (Lipinski definition) is 4. The molecule has 0 bridgehead atoms. The maximum Gasteiger partial charge on any atom is 0.265 e. The summed E-state index contributed by atoms with van der Waals surface area (Å²) in [7, 11) is 1.35.